The van der Waals surface area contributed by atoms with Crippen LogP contribution in [0.4, 0.5) is 5.95 Å². The average molecular weight is 360 g/mol. The maximum absolute atomic E-state index is 12.5. The van der Waals surface area contributed by atoms with Gasteiger partial charge in [0.25, 0.3) is 5.91 Å². The van der Waals surface area contributed by atoms with Crippen LogP contribution in [0.1, 0.15) is 22.5 Å². The van der Waals surface area contributed by atoms with Crippen molar-refractivity contribution in [2.45, 2.75) is 19.4 Å². The fraction of sp³-hybridized carbons (Fsp3) is 0.250. The predicted molar refractivity (Wildman–Crippen MR) is 102 cm³/mol. The van der Waals surface area contributed by atoms with Gasteiger partial charge in [0.05, 0.1) is 5.69 Å². The lowest BCUT2D eigenvalue weighted by molar-refractivity contribution is 0.0934. The summed E-state index contributed by atoms with van der Waals surface area (Å²) in [5.74, 6) is 0.534. The number of rotatable bonds is 4. The summed E-state index contributed by atoms with van der Waals surface area (Å²) in [5, 5.41) is 3.07. The number of carbonyl (C=O) groups excluding carboxylic acids is 1. The largest absolute Gasteiger partial charge is 0.346 e. The lowest BCUT2D eigenvalue weighted by Gasteiger charge is -2.17. The molecule has 3 aromatic rings. The Kier molecular flexibility index (Phi) is 4.74. The van der Waals surface area contributed by atoms with Crippen molar-refractivity contribution in [3.8, 4) is 11.3 Å². The Morgan fingerprint density at radius 1 is 1.15 bits per heavy atom. The van der Waals surface area contributed by atoms with Crippen LogP contribution in [-0.2, 0) is 0 Å². The summed E-state index contributed by atoms with van der Waals surface area (Å²) < 4.78 is 0. The molecule has 0 saturated carbocycles. The Labute approximate surface area is 157 Å². The van der Waals surface area contributed by atoms with Crippen molar-refractivity contribution in [3.05, 3.63) is 66.4 Å². The SMILES string of the molecule is Cc1cccnc1C(=O)NC1CCN(c2nccc(-c3cccnc3)n2)C1. The molecule has 0 spiro atoms. The molecule has 1 N–H and O–H groups in total. The molecule has 0 bridgehead atoms. The van der Waals surface area contributed by atoms with Gasteiger partial charge >= 0.3 is 0 Å². The molecule has 3 aromatic heterocycles. The number of aromatic nitrogens is 4. The number of carbonyl (C=O) groups is 1. The second-order valence-corrected chi connectivity index (χ2v) is 6.56. The topological polar surface area (TPSA) is 83.9 Å². The average Bonchev–Trinajstić information content (AvgIpc) is 3.17. The van der Waals surface area contributed by atoms with E-state index < -0.39 is 0 Å². The van der Waals surface area contributed by atoms with Crippen LogP contribution < -0.4 is 10.2 Å². The predicted octanol–water partition coefficient (Wildman–Crippen LogP) is 2.25. The Morgan fingerprint density at radius 3 is 2.85 bits per heavy atom. The molecule has 0 aliphatic carbocycles. The van der Waals surface area contributed by atoms with Crippen molar-refractivity contribution in [3.63, 3.8) is 0 Å². The molecule has 1 amide bonds. The summed E-state index contributed by atoms with van der Waals surface area (Å²) in [7, 11) is 0. The van der Waals surface area contributed by atoms with Gasteiger partial charge in [0.2, 0.25) is 5.95 Å². The van der Waals surface area contributed by atoms with Gasteiger partial charge in [0, 0.05) is 49.5 Å². The Bertz CT molecular complexity index is 946. The zero-order valence-corrected chi connectivity index (χ0v) is 15.0. The first-order valence-electron chi connectivity index (χ1n) is 8.91. The van der Waals surface area contributed by atoms with E-state index in [2.05, 4.69) is 30.2 Å². The molecule has 136 valence electrons. The molecule has 1 aliphatic heterocycles. The monoisotopic (exact) mass is 360 g/mol. The molecule has 4 rings (SSSR count). The van der Waals surface area contributed by atoms with Crippen LogP contribution in [0.15, 0.2) is 55.1 Å². The number of nitrogens with zero attached hydrogens (tertiary/aromatic N) is 5. The first-order valence-corrected chi connectivity index (χ1v) is 8.91. The van der Waals surface area contributed by atoms with E-state index in [9.17, 15) is 4.79 Å². The first-order chi connectivity index (χ1) is 13.2. The van der Waals surface area contributed by atoms with Gasteiger partial charge in [-0.25, -0.2) is 9.97 Å². The molecule has 1 saturated heterocycles. The number of nitrogens with one attached hydrogen (secondary N) is 1. The van der Waals surface area contributed by atoms with Gasteiger partial charge < -0.3 is 10.2 Å². The summed E-state index contributed by atoms with van der Waals surface area (Å²) in [5.41, 5.74) is 3.14. The van der Waals surface area contributed by atoms with Crippen molar-refractivity contribution >= 4 is 11.9 Å². The summed E-state index contributed by atoms with van der Waals surface area (Å²) in [6.45, 7) is 3.36. The molecule has 4 heterocycles. The normalized spacial score (nSPS) is 16.3. The smallest absolute Gasteiger partial charge is 0.270 e. The van der Waals surface area contributed by atoms with E-state index in [1.54, 1.807) is 24.8 Å². The van der Waals surface area contributed by atoms with Crippen LogP contribution in [0.2, 0.25) is 0 Å². The molecule has 7 heteroatoms. The minimum absolute atomic E-state index is 0.0459. The van der Waals surface area contributed by atoms with Crippen LogP contribution in [0.5, 0.6) is 0 Å². The van der Waals surface area contributed by atoms with Gasteiger partial charge in [0.15, 0.2) is 0 Å². The number of anilines is 1. The van der Waals surface area contributed by atoms with Crippen molar-refractivity contribution < 1.29 is 4.79 Å². The van der Waals surface area contributed by atoms with Crippen LogP contribution in [0, 0.1) is 6.92 Å². The van der Waals surface area contributed by atoms with E-state index in [-0.39, 0.29) is 11.9 Å². The molecular formula is C20H20N6O. The Balaban J connectivity index is 1.44. The van der Waals surface area contributed by atoms with Gasteiger partial charge in [-0.05, 0) is 43.2 Å². The van der Waals surface area contributed by atoms with Gasteiger partial charge in [-0.3, -0.25) is 14.8 Å². The zero-order valence-electron chi connectivity index (χ0n) is 15.0. The second kappa shape index (κ2) is 7.49. The zero-order chi connectivity index (χ0) is 18.6. The van der Waals surface area contributed by atoms with E-state index in [1.807, 2.05) is 37.3 Å². The number of hydrogen-bond donors (Lipinski definition) is 1. The van der Waals surface area contributed by atoms with Crippen molar-refractivity contribution in [1.29, 1.82) is 0 Å². The molecule has 7 nitrogen and oxygen atoms in total. The van der Waals surface area contributed by atoms with Crippen molar-refractivity contribution in [2.75, 3.05) is 18.0 Å². The number of pyridine rings is 2. The van der Waals surface area contributed by atoms with Crippen LogP contribution in [-0.4, -0.2) is 45.0 Å². The number of amides is 1. The maximum atomic E-state index is 12.5. The fourth-order valence-electron chi connectivity index (χ4n) is 3.21. The molecule has 0 aromatic carbocycles. The second-order valence-electron chi connectivity index (χ2n) is 6.56. The van der Waals surface area contributed by atoms with Crippen LogP contribution >= 0.6 is 0 Å². The number of hydrogen-bond acceptors (Lipinski definition) is 6. The first kappa shape index (κ1) is 17.1. The highest BCUT2D eigenvalue weighted by Gasteiger charge is 2.26. The minimum atomic E-state index is -0.134. The van der Waals surface area contributed by atoms with E-state index in [1.165, 1.54) is 0 Å². The summed E-state index contributed by atoms with van der Waals surface area (Å²) in [6, 6.07) is 9.50. The van der Waals surface area contributed by atoms with Crippen LogP contribution in [0.25, 0.3) is 11.3 Å². The Hall–Kier alpha value is -3.35. The summed E-state index contributed by atoms with van der Waals surface area (Å²) in [4.78, 5) is 32.0. The molecular weight excluding hydrogens is 340 g/mol. The summed E-state index contributed by atoms with van der Waals surface area (Å²) >= 11 is 0. The lowest BCUT2D eigenvalue weighted by atomic mass is 10.2. The van der Waals surface area contributed by atoms with Crippen molar-refractivity contribution in [1.82, 2.24) is 25.3 Å². The molecule has 0 radical (unpaired) electrons. The highest BCUT2D eigenvalue weighted by Crippen LogP contribution is 2.21. The maximum Gasteiger partial charge on any atom is 0.270 e. The van der Waals surface area contributed by atoms with Crippen molar-refractivity contribution in [2.24, 2.45) is 0 Å². The molecule has 1 fully saturated rings. The Morgan fingerprint density at radius 2 is 2.04 bits per heavy atom. The molecule has 27 heavy (non-hydrogen) atoms. The molecule has 1 atom stereocenters. The third kappa shape index (κ3) is 3.76. The third-order valence-electron chi connectivity index (χ3n) is 4.63. The third-order valence-corrected chi connectivity index (χ3v) is 4.63. The fourth-order valence-corrected chi connectivity index (χ4v) is 3.21. The lowest BCUT2D eigenvalue weighted by Crippen LogP contribution is -2.38. The molecule has 1 unspecified atom stereocenters. The summed E-state index contributed by atoms with van der Waals surface area (Å²) in [6.07, 6.45) is 7.77. The van der Waals surface area contributed by atoms with Gasteiger partial charge in [-0.15, -0.1) is 0 Å². The standard InChI is InChI=1S/C20H20N6O/c1-14-4-2-9-22-18(14)19(27)24-16-7-11-26(13-16)20-23-10-6-17(25-20)15-5-3-8-21-12-15/h2-6,8-10,12,16H,7,11,13H2,1H3,(H,24,27). The van der Waals surface area contributed by atoms with E-state index in [4.69, 9.17) is 0 Å². The quantitative estimate of drug-likeness (QED) is 0.768. The van der Waals surface area contributed by atoms with Gasteiger partial charge in [0.1, 0.15) is 5.69 Å². The highest BCUT2D eigenvalue weighted by molar-refractivity contribution is 5.93. The number of aryl methyl sites for hydroxylation is 1. The van der Waals surface area contributed by atoms with E-state index in [0.717, 1.165) is 29.8 Å². The van der Waals surface area contributed by atoms with E-state index >= 15 is 0 Å². The van der Waals surface area contributed by atoms with Crippen LogP contribution in [0.3, 0.4) is 0 Å². The highest BCUT2D eigenvalue weighted by atomic mass is 16.2. The molecule has 1 aliphatic rings. The van der Waals surface area contributed by atoms with E-state index in [0.29, 0.717) is 18.2 Å². The van der Waals surface area contributed by atoms with Gasteiger partial charge in [-0.2, -0.15) is 0 Å². The van der Waals surface area contributed by atoms with Gasteiger partial charge in [-0.1, -0.05) is 6.07 Å². The minimum Gasteiger partial charge on any atom is -0.346 e.